The van der Waals surface area contributed by atoms with E-state index in [0.717, 1.165) is 18.8 Å². The number of carbonyl (C=O) groups excluding carboxylic acids is 2. The van der Waals surface area contributed by atoms with Crippen LogP contribution in [0.25, 0.3) is 0 Å². The van der Waals surface area contributed by atoms with Gasteiger partial charge in [-0.05, 0) is 62.4 Å². The zero-order valence-corrected chi connectivity index (χ0v) is 14.6. The summed E-state index contributed by atoms with van der Waals surface area (Å²) in [6, 6.07) is 13.0. The van der Waals surface area contributed by atoms with Crippen molar-refractivity contribution in [1.82, 2.24) is 0 Å². The van der Waals surface area contributed by atoms with Gasteiger partial charge in [-0.25, -0.2) is 4.39 Å². The molecule has 0 aromatic heterocycles. The maximum Gasteiger partial charge on any atom is 0.224 e. The van der Waals surface area contributed by atoms with Crippen molar-refractivity contribution in [1.29, 1.82) is 0 Å². The first-order valence-corrected chi connectivity index (χ1v) is 8.47. The minimum atomic E-state index is -0.387. The van der Waals surface area contributed by atoms with Crippen LogP contribution in [0, 0.1) is 5.82 Å². The highest BCUT2D eigenvalue weighted by Gasteiger charge is 2.10. The molecule has 0 aliphatic rings. The summed E-state index contributed by atoms with van der Waals surface area (Å²) >= 11 is 0. The smallest absolute Gasteiger partial charge is 0.224 e. The van der Waals surface area contributed by atoms with Crippen LogP contribution in [0.1, 0.15) is 37.0 Å². The third kappa shape index (κ3) is 5.41. The van der Waals surface area contributed by atoms with E-state index in [9.17, 15) is 14.0 Å². The second-order valence-electron chi connectivity index (χ2n) is 5.70. The van der Waals surface area contributed by atoms with Gasteiger partial charge >= 0.3 is 0 Å². The lowest BCUT2D eigenvalue weighted by Gasteiger charge is -2.21. The topological polar surface area (TPSA) is 49.4 Å². The molecule has 0 aliphatic carbocycles. The second kappa shape index (κ2) is 8.97. The SMILES string of the molecule is CCN(CC)c1ccc(NC(=O)CCC(=O)c2ccc(F)cc2)cc1. The van der Waals surface area contributed by atoms with Crippen molar-refractivity contribution in [2.24, 2.45) is 0 Å². The highest BCUT2D eigenvalue weighted by Crippen LogP contribution is 2.18. The summed E-state index contributed by atoms with van der Waals surface area (Å²) in [4.78, 5) is 26.2. The van der Waals surface area contributed by atoms with E-state index in [2.05, 4.69) is 24.1 Å². The van der Waals surface area contributed by atoms with Crippen molar-refractivity contribution in [2.75, 3.05) is 23.3 Å². The second-order valence-corrected chi connectivity index (χ2v) is 5.70. The quantitative estimate of drug-likeness (QED) is 0.729. The maximum absolute atomic E-state index is 12.9. The van der Waals surface area contributed by atoms with Crippen molar-refractivity contribution in [3.63, 3.8) is 0 Å². The number of nitrogens with one attached hydrogen (secondary N) is 1. The Hall–Kier alpha value is -2.69. The third-order valence-corrected chi connectivity index (χ3v) is 4.02. The standard InChI is InChI=1S/C20H23FN2O2/c1-3-23(4-2)18-11-9-17(10-12-18)22-20(25)14-13-19(24)15-5-7-16(21)8-6-15/h5-12H,3-4,13-14H2,1-2H3,(H,22,25). The van der Waals surface area contributed by atoms with Gasteiger partial charge in [0.05, 0.1) is 0 Å². The summed E-state index contributed by atoms with van der Waals surface area (Å²) in [7, 11) is 0. The summed E-state index contributed by atoms with van der Waals surface area (Å²) in [5, 5.41) is 2.79. The van der Waals surface area contributed by atoms with E-state index in [1.165, 1.54) is 24.3 Å². The highest BCUT2D eigenvalue weighted by atomic mass is 19.1. The molecule has 0 aliphatic heterocycles. The molecule has 5 heteroatoms. The van der Waals surface area contributed by atoms with Crippen molar-refractivity contribution in [3.8, 4) is 0 Å². The number of Topliss-reactive ketones (excluding diaryl/α,β-unsaturated/α-hetero) is 1. The van der Waals surface area contributed by atoms with Crippen LogP contribution in [0.4, 0.5) is 15.8 Å². The molecule has 2 aromatic carbocycles. The molecule has 2 aromatic rings. The first kappa shape index (κ1) is 18.6. The minimum Gasteiger partial charge on any atom is -0.372 e. The van der Waals surface area contributed by atoms with Crippen molar-refractivity contribution < 1.29 is 14.0 Å². The molecular formula is C20H23FN2O2. The molecule has 0 saturated heterocycles. The van der Waals surface area contributed by atoms with Crippen LogP contribution in [0.5, 0.6) is 0 Å². The molecule has 0 spiro atoms. The molecule has 0 heterocycles. The fourth-order valence-corrected chi connectivity index (χ4v) is 2.58. The van der Waals surface area contributed by atoms with Gasteiger partial charge in [0.15, 0.2) is 5.78 Å². The Morgan fingerprint density at radius 2 is 1.52 bits per heavy atom. The summed E-state index contributed by atoms with van der Waals surface area (Å²) < 4.78 is 12.9. The van der Waals surface area contributed by atoms with Gasteiger partial charge in [0.25, 0.3) is 0 Å². The maximum atomic E-state index is 12.9. The van der Waals surface area contributed by atoms with Crippen LogP contribution >= 0.6 is 0 Å². The number of hydrogen-bond donors (Lipinski definition) is 1. The first-order valence-electron chi connectivity index (χ1n) is 8.47. The number of rotatable bonds is 8. The van der Waals surface area contributed by atoms with Gasteiger partial charge < -0.3 is 10.2 Å². The van der Waals surface area contributed by atoms with Crippen molar-refractivity contribution >= 4 is 23.1 Å². The number of benzene rings is 2. The van der Waals surface area contributed by atoms with E-state index in [1.807, 2.05) is 24.3 Å². The molecule has 0 unspecified atom stereocenters. The molecule has 1 amide bonds. The summed E-state index contributed by atoms with van der Waals surface area (Å²) in [5.74, 6) is -0.777. The summed E-state index contributed by atoms with van der Waals surface area (Å²) in [6.45, 7) is 6.04. The van der Waals surface area contributed by atoms with Gasteiger partial charge in [0.1, 0.15) is 5.82 Å². The lowest BCUT2D eigenvalue weighted by molar-refractivity contribution is -0.116. The van der Waals surface area contributed by atoms with Crippen LogP contribution < -0.4 is 10.2 Å². The van der Waals surface area contributed by atoms with E-state index in [4.69, 9.17) is 0 Å². The summed E-state index contributed by atoms with van der Waals surface area (Å²) in [6.07, 6.45) is 0.184. The number of halogens is 1. The highest BCUT2D eigenvalue weighted by molar-refractivity contribution is 6.00. The van der Waals surface area contributed by atoms with Gasteiger partial charge in [-0.3, -0.25) is 9.59 Å². The molecule has 2 rings (SSSR count). The van der Waals surface area contributed by atoms with Crippen LogP contribution in [-0.2, 0) is 4.79 Å². The number of ketones is 1. The van der Waals surface area contributed by atoms with E-state index < -0.39 is 0 Å². The zero-order chi connectivity index (χ0) is 18.2. The Balaban J connectivity index is 1.85. The van der Waals surface area contributed by atoms with Gasteiger partial charge in [-0.15, -0.1) is 0 Å². The van der Waals surface area contributed by atoms with Crippen molar-refractivity contribution in [2.45, 2.75) is 26.7 Å². The van der Waals surface area contributed by atoms with Crippen LogP contribution in [-0.4, -0.2) is 24.8 Å². The lowest BCUT2D eigenvalue weighted by atomic mass is 10.1. The molecule has 0 fully saturated rings. The number of nitrogens with zero attached hydrogens (tertiary/aromatic N) is 1. The molecule has 25 heavy (non-hydrogen) atoms. The van der Waals surface area contributed by atoms with E-state index in [-0.39, 0.29) is 30.3 Å². The van der Waals surface area contributed by atoms with Crippen LogP contribution in [0.3, 0.4) is 0 Å². The number of hydrogen-bond acceptors (Lipinski definition) is 3. The Kier molecular flexibility index (Phi) is 6.69. The zero-order valence-electron chi connectivity index (χ0n) is 14.6. The Bertz CT molecular complexity index is 707. The van der Waals surface area contributed by atoms with Gasteiger partial charge in [0.2, 0.25) is 5.91 Å². The summed E-state index contributed by atoms with van der Waals surface area (Å²) in [5.41, 5.74) is 2.22. The molecule has 0 atom stereocenters. The van der Waals surface area contributed by atoms with Gasteiger partial charge in [-0.1, -0.05) is 0 Å². The molecule has 0 radical (unpaired) electrons. The number of carbonyl (C=O) groups is 2. The van der Waals surface area contributed by atoms with E-state index >= 15 is 0 Å². The molecule has 132 valence electrons. The normalized spacial score (nSPS) is 10.4. The Labute approximate surface area is 147 Å². The predicted octanol–water partition coefficient (Wildman–Crippen LogP) is 4.27. The number of amides is 1. The molecule has 0 bridgehead atoms. The van der Waals surface area contributed by atoms with E-state index in [0.29, 0.717) is 11.3 Å². The van der Waals surface area contributed by atoms with Gasteiger partial charge in [0, 0.05) is 42.9 Å². The first-order chi connectivity index (χ1) is 12.0. The monoisotopic (exact) mass is 342 g/mol. The molecule has 1 N–H and O–H groups in total. The predicted molar refractivity (Wildman–Crippen MR) is 98.6 cm³/mol. The van der Waals surface area contributed by atoms with Crippen LogP contribution in [0.2, 0.25) is 0 Å². The average Bonchev–Trinajstić information content (AvgIpc) is 2.63. The minimum absolute atomic E-state index is 0.0913. The third-order valence-electron chi connectivity index (χ3n) is 4.02. The van der Waals surface area contributed by atoms with Crippen molar-refractivity contribution in [3.05, 3.63) is 59.9 Å². The Morgan fingerprint density at radius 1 is 0.920 bits per heavy atom. The Morgan fingerprint density at radius 3 is 2.08 bits per heavy atom. The average molecular weight is 342 g/mol. The molecule has 4 nitrogen and oxygen atoms in total. The lowest BCUT2D eigenvalue weighted by Crippen LogP contribution is -2.21. The fourth-order valence-electron chi connectivity index (χ4n) is 2.58. The molecule has 0 saturated carbocycles. The van der Waals surface area contributed by atoms with E-state index in [1.54, 1.807) is 0 Å². The fraction of sp³-hybridized carbons (Fsp3) is 0.300. The largest absolute Gasteiger partial charge is 0.372 e. The van der Waals surface area contributed by atoms with Crippen LogP contribution in [0.15, 0.2) is 48.5 Å². The number of anilines is 2. The van der Waals surface area contributed by atoms with Gasteiger partial charge in [-0.2, -0.15) is 0 Å². The molecular weight excluding hydrogens is 319 g/mol.